The van der Waals surface area contributed by atoms with Gasteiger partial charge in [-0.1, -0.05) is 25.5 Å². The Labute approximate surface area is 125 Å². The minimum absolute atomic E-state index is 0.459. The molecule has 0 radical (unpaired) electrons. The standard InChI is InChI=1S/C15H21N5O/c1-4-5-10-20(2)14-11-16-19-15(18-14)17-12-8-6-7-9-13(12)21-3/h6-9,11H,4-5,10H2,1-3H3,(H,17,18,19). The maximum Gasteiger partial charge on any atom is 0.249 e. The number of nitrogens with zero attached hydrogens (tertiary/aromatic N) is 4. The molecular weight excluding hydrogens is 266 g/mol. The molecule has 0 spiro atoms. The predicted molar refractivity (Wildman–Crippen MR) is 84.3 cm³/mol. The molecule has 0 amide bonds. The van der Waals surface area contributed by atoms with Gasteiger partial charge in [0, 0.05) is 13.6 Å². The summed E-state index contributed by atoms with van der Waals surface area (Å²) in [4.78, 5) is 6.56. The largest absolute Gasteiger partial charge is 0.495 e. The number of nitrogens with one attached hydrogen (secondary N) is 1. The fourth-order valence-electron chi connectivity index (χ4n) is 1.91. The molecule has 1 aromatic heterocycles. The first kappa shape index (κ1) is 15.0. The summed E-state index contributed by atoms with van der Waals surface area (Å²) in [7, 11) is 3.64. The van der Waals surface area contributed by atoms with Crippen LogP contribution in [0.3, 0.4) is 0 Å². The van der Waals surface area contributed by atoms with Crippen LogP contribution in [0.25, 0.3) is 0 Å². The molecule has 1 N–H and O–H groups in total. The number of ether oxygens (including phenoxy) is 1. The highest BCUT2D eigenvalue weighted by Crippen LogP contribution is 2.25. The van der Waals surface area contributed by atoms with E-state index in [2.05, 4.69) is 32.3 Å². The summed E-state index contributed by atoms with van der Waals surface area (Å²) >= 11 is 0. The summed E-state index contributed by atoms with van der Waals surface area (Å²) in [6.07, 6.45) is 3.94. The molecule has 0 aliphatic rings. The van der Waals surface area contributed by atoms with Crippen molar-refractivity contribution in [3.05, 3.63) is 30.5 Å². The molecule has 2 rings (SSSR count). The Balaban J connectivity index is 2.14. The molecule has 0 saturated heterocycles. The molecular formula is C15H21N5O. The summed E-state index contributed by atoms with van der Waals surface area (Å²) in [5.41, 5.74) is 0.815. The van der Waals surface area contributed by atoms with Crippen molar-refractivity contribution in [2.45, 2.75) is 19.8 Å². The lowest BCUT2D eigenvalue weighted by atomic mass is 10.3. The summed E-state index contributed by atoms with van der Waals surface area (Å²) in [6.45, 7) is 3.12. The highest BCUT2D eigenvalue weighted by molar-refractivity contribution is 5.62. The van der Waals surface area contributed by atoms with Gasteiger partial charge in [0.05, 0.1) is 19.0 Å². The van der Waals surface area contributed by atoms with Crippen molar-refractivity contribution in [2.24, 2.45) is 0 Å². The Morgan fingerprint density at radius 3 is 2.86 bits per heavy atom. The van der Waals surface area contributed by atoms with Crippen LogP contribution in [-0.2, 0) is 0 Å². The first-order valence-corrected chi connectivity index (χ1v) is 7.05. The van der Waals surface area contributed by atoms with E-state index >= 15 is 0 Å². The minimum Gasteiger partial charge on any atom is -0.495 e. The van der Waals surface area contributed by atoms with Gasteiger partial charge in [0.1, 0.15) is 5.75 Å². The maximum absolute atomic E-state index is 5.30. The van der Waals surface area contributed by atoms with Crippen molar-refractivity contribution in [3.63, 3.8) is 0 Å². The molecule has 0 bridgehead atoms. The van der Waals surface area contributed by atoms with Crippen molar-refractivity contribution in [2.75, 3.05) is 30.9 Å². The monoisotopic (exact) mass is 287 g/mol. The van der Waals surface area contributed by atoms with Crippen LogP contribution in [0.15, 0.2) is 30.5 Å². The highest BCUT2D eigenvalue weighted by atomic mass is 16.5. The van der Waals surface area contributed by atoms with E-state index in [9.17, 15) is 0 Å². The fourth-order valence-corrected chi connectivity index (χ4v) is 1.91. The van der Waals surface area contributed by atoms with E-state index in [1.54, 1.807) is 13.3 Å². The molecule has 0 atom stereocenters. The second-order valence-electron chi connectivity index (χ2n) is 4.74. The Morgan fingerprint density at radius 1 is 1.29 bits per heavy atom. The molecule has 0 unspecified atom stereocenters. The minimum atomic E-state index is 0.459. The molecule has 6 heteroatoms. The summed E-state index contributed by atoms with van der Waals surface area (Å²) in [5, 5.41) is 11.2. The van der Waals surface area contributed by atoms with Crippen molar-refractivity contribution < 1.29 is 4.74 Å². The number of benzene rings is 1. The topological polar surface area (TPSA) is 63.2 Å². The van der Waals surface area contributed by atoms with Gasteiger partial charge in [0.15, 0.2) is 5.82 Å². The Kier molecular flexibility index (Phi) is 5.31. The molecule has 112 valence electrons. The normalized spacial score (nSPS) is 10.2. The molecule has 1 aromatic carbocycles. The second-order valence-corrected chi connectivity index (χ2v) is 4.74. The maximum atomic E-state index is 5.30. The number of unbranched alkanes of at least 4 members (excludes halogenated alkanes) is 1. The SMILES string of the molecule is CCCCN(C)c1cnnc(Nc2ccccc2OC)n1. The lowest BCUT2D eigenvalue weighted by Gasteiger charge is -2.17. The van der Waals surface area contributed by atoms with Gasteiger partial charge >= 0.3 is 0 Å². The fraction of sp³-hybridized carbons (Fsp3) is 0.400. The van der Waals surface area contributed by atoms with Gasteiger partial charge < -0.3 is 15.0 Å². The van der Waals surface area contributed by atoms with E-state index in [1.165, 1.54) is 0 Å². The first-order valence-electron chi connectivity index (χ1n) is 7.05. The number of methoxy groups -OCH3 is 1. The van der Waals surface area contributed by atoms with Crippen LogP contribution < -0.4 is 15.0 Å². The number of rotatable bonds is 7. The van der Waals surface area contributed by atoms with E-state index in [0.717, 1.165) is 36.6 Å². The number of hydrogen-bond acceptors (Lipinski definition) is 6. The van der Waals surface area contributed by atoms with E-state index in [0.29, 0.717) is 5.95 Å². The van der Waals surface area contributed by atoms with Crippen molar-refractivity contribution >= 4 is 17.5 Å². The van der Waals surface area contributed by atoms with Crippen molar-refractivity contribution in [1.82, 2.24) is 15.2 Å². The molecule has 21 heavy (non-hydrogen) atoms. The van der Waals surface area contributed by atoms with Crippen molar-refractivity contribution in [1.29, 1.82) is 0 Å². The lowest BCUT2D eigenvalue weighted by molar-refractivity contribution is 0.417. The predicted octanol–water partition coefficient (Wildman–Crippen LogP) is 2.86. The number of aromatic nitrogens is 3. The van der Waals surface area contributed by atoms with Crippen LogP contribution in [0.1, 0.15) is 19.8 Å². The quantitative estimate of drug-likeness (QED) is 0.845. The van der Waals surface area contributed by atoms with Crippen LogP contribution in [0.4, 0.5) is 17.5 Å². The van der Waals surface area contributed by atoms with E-state index in [-0.39, 0.29) is 0 Å². The van der Waals surface area contributed by atoms with Gasteiger partial charge in [-0.05, 0) is 18.6 Å². The van der Waals surface area contributed by atoms with E-state index < -0.39 is 0 Å². The van der Waals surface area contributed by atoms with Crippen LogP contribution in [-0.4, -0.2) is 35.9 Å². The number of anilines is 3. The van der Waals surface area contributed by atoms with Gasteiger partial charge in [0.25, 0.3) is 0 Å². The Bertz CT molecular complexity index is 575. The van der Waals surface area contributed by atoms with Crippen LogP contribution >= 0.6 is 0 Å². The smallest absolute Gasteiger partial charge is 0.249 e. The van der Waals surface area contributed by atoms with Crippen LogP contribution in [0.2, 0.25) is 0 Å². The molecule has 0 fully saturated rings. The Morgan fingerprint density at radius 2 is 2.10 bits per heavy atom. The van der Waals surface area contributed by atoms with E-state index in [1.807, 2.05) is 31.3 Å². The average molecular weight is 287 g/mol. The molecule has 0 saturated carbocycles. The number of hydrogen-bond donors (Lipinski definition) is 1. The van der Waals surface area contributed by atoms with Gasteiger partial charge in [-0.3, -0.25) is 0 Å². The van der Waals surface area contributed by atoms with Gasteiger partial charge in [-0.25, -0.2) is 0 Å². The lowest BCUT2D eigenvalue weighted by Crippen LogP contribution is -2.20. The third-order valence-corrected chi connectivity index (χ3v) is 3.14. The summed E-state index contributed by atoms with van der Waals surface area (Å²) in [6, 6.07) is 7.64. The van der Waals surface area contributed by atoms with Crippen LogP contribution in [0.5, 0.6) is 5.75 Å². The molecule has 2 aromatic rings. The first-order chi connectivity index (χ1) is 10.2. The van der Waals surface area contributed by atoms with Crippen molar-refractivity contribution in [3.8, 4) is 5.75 Å². The second kappa shape index (κ2) is 7.42. The molecule has 6 nitrogen and oxygen atoms in total. The molecule has 0 aliphatic heterocycles. The number of para-hydroxylation sites is 2. The Hall–Kier alpha value is -2.37. The van der Waals surface area contributed by atoms with E-state index in [4.69, 9.17) is 4.74 Å². The molecule has 0 aliphatic carbocycles. The molecule has 1 heterocycles. The zero-order valence-electron chi connectivity index (χ0n) is 12.7. The zero-order valence-corrected chi connectivity index (χ0v) is 12.7. The van der Waals surface area contributed by atoms with Gasteiger partial charge in [0.2, 0.25) is 5.95 Å². The highest BCUT2D eigenvalue weighted by Gasteiger charge is 2.07. The van der Waals surface area contributed by atoms with Crippen LogP contribution in [0, 0.1) is 0 Å². The summed E-state index contributed by atoms with van der Waals surface area (Å²) < 4.78 is 5.30. The third kappa shape index (κ3) is 4.05. The third-order valence-electron chi connectivity index (χ3n) is 3.14. The van der Waals surface area contributed by atoms with Gasteiger partial charge in [-0.15, -0.1) is 5.10 Å². The van der Waals surface area contributed by atoms with Gasteiger partial charge in [-0.2, -0.15) is 10.1 Å². The summed E-state index contributed by atoms with van der Waals surface area (Å²) in [5.74, 6) is 2.00. The average Bonchev–Trinajstić information content (AvgIpc) is 2.53. The zero-order chi connectivity index (χ0) is 15.1.